The Morgan fingerprint density at radius 3 is 2.30 bits per heavy atom. The van der Waals surface area contributed by atoms with Crippen LogP contribution >= 0.6 is 0 Å². The van der Waals surface area contributed by atoms with E-state index in [-0.39, 0.29) is 0 Å². The summed E-state index contributed by atoms with van der Waals surface area (Å²) in [6.45, 7) is 3.90. The van der Waals surface area contributed by atoms with Gasteiger partial charge >= 0.3 is 5.97 Å². The van der Waals surface area contributed by atoms with Crippen LogP contribution in [0.5, 0.6) is 0 Å². The summed E-state index contributed by atoms with van der Waals surface area (Å²) < 4.78 is 0. The fourth-order valence-corrected chi connectivity index (χ4v) is 0.712. The summed E-state index contributed by atoms with van der Waals surface area (Å²) >= 11 is 0. The van der Waals surface area contributed by atoms with Crippen molar-refractivity contribution in [3.63, 3.8) is 0 Å². The molecule has 0 saturated heterocycles. The Hall–Kier alpha value is -0.610. The molecule has 0 radical (unpaired) electrons. The Bertz CT molecular complexity index is 114. The van der Waals surface area contributed by atoms with E-state index < -0.39 is 12.0 Å². The maximum absolute atomic E-state index is 10.3. The van der Waals surface area contributed by atoms with Gasteiger partial charge in [-0.05, 0) is 12.3 Å². The van der Waals surface area contributed by atoms with Crippen molar-refractivity contribution in [1.82, 2.24) is 5.43 Å². The van der Waals surface area contributed by atoms with Crippen molar-refractivity contribution in [3.8, 4) is 0 Å². The minimum Gasteiger partial charge on any atom is -0.480 e. The van der Waals surface area contributed by atoms with E-state index in [0.717, 1.165) is 0 Å². The van der Waals surface area contributed by atoms with E-state index in [2.05, 4.69) is 5.43 Å². The normalized spacial score (nSPS) is 13.6. The molecule has 0 aliphatic carbocycles. The summed E-state index contributed by atoms with van der Waals surface area (Å²) in [6.07, 6.45) is 0.561. The number of hydrazine groups is 1. The number of nitrogens with one attached hydrogen (secondary N) is 1. The van der Waals surface area contributed by atoms with Crippen LogP contribution in [0, 0.1) is 5.92 Å². The van der Waals surface area contributed by atoms with Gasteiger partial charge in [0, 0.05) is 0 Å². The quantitative estimate of drug-likeness (QED) is 0.384. The van der Waals surface area contributed by atoms with Gasteiger partial charge in [-0.25, -0.2) is 5.43 Å². The van der Waals surface area contributed by atoms with Crippen LogP contribution in [0.15, 0.2) is 0 Å². The predicted molar refractivity (Wildman–Crippen MR) is 38.2 cm³/mol. The molecule has 0 rings (SSSR count). The zero-order chi connectivity index (χ0) is 8.15. The molecule has 0 aliphatic heterocycles. The number of hydrogen-bond acceptors (Lipinski definition) is 3. The second-order valence-corrected chi connectivity index (χ2v) is 2.69. The maximum atomic E-state index is 10.3. The molecule has 0 unspecified atom stereocenters. The summed E-state index contributed by atoms with van der Waals surface area (Å²) in [6, 6.07) is -0.611. The van der Waals surface area contributed by atoms with Crippen molar-refractivity contribution in [3.05, 3.63) is 0 Å². The number of rotatable bonds is 4. The van der Waals surface area contributed by atoms with Crippen molar-refractivity contribution < 1.29 is 9.90 Å². The van der Waals surface area contributed by atoms with Crippen molar-refractivity contribution in [2.24, 2.45) is 11.8 Å². The van der Waals surface area contributed by atoms with E-state index in [1.165, 1.54) is 0 Å². The van der Waals surface area contributed by atoms with Crippen LogP contribution in [-0.2, 0) is 4.79 Å². The van der Waals surface area contributed by atoms with Gasteiger partial charge in [0.25, 0.3) is 0 Å². The van der Waals surface area contributed by atoms with Gasteiger partial charge in [0.2, 0.25) is 0 Å². The van der Waals surface area contributed by atoms with Gasteiger partial charge in [0.15, 0.2) is 0 Å². The molecule has 10 heavy (non-hydrogen) atoms. The van der Waals surface area contributed by atoms with Gasteiger partial charge in [0.1, 0.15) is 6.04 Å². The van der Waals surface area contributed by atoms with Crippen molar-refractivity contribution in [1.29, 1.82) is 0 Å². The molecule has 0 aromatic carbocycles. The second-order valence-electron chi connectivity index (χ2n) is 2.69. The van der Waals surface area contributed by atoms with Crippen LogP contribution in [0.1, 0.15) is 20.3 Å². The standard InChI is InChI=1S/C6H14N2O2/c1-4(2)3-5(8-7)6(9)10/h4-5,8H,3,7H2,1-2H3,(H,9,10)/t5-/m1/s1. The topological polar surface area (TPSA) is 75.3 Å². The molecule has 0 bridgehead atoms. The average Bonchev–Trinajstić information content (AvgIpc) is 1.81. The lowest BCUT2D eigenvalue weighted by Crippen LogP contribution is -2.42. The van der Waals surface area contributed by atoms with Crippen molar-refractivity contribution in [2.75, 3.05) is 0 Å². The third-order valence-electron chi connectivity index (χ3n) is 1.21. The lowest BCUT2D eigenvalue weighted by molar-refractivity contribution is -0.139. The smallest absolute Gasteiger partial charge is 0.322 e. The second kappa shape index (κ2) is 4.24. The summed E-state index contributed by atoms with van der Waals surface area (Å²) in [5.74, 6) is 4.44. The molecular weight excluding hydrogens is 132 g/mol. The van der Waals surface area contributed by atoms with E-state index in [9.17, 15) is 4.79 Å². The summed E-state index contributed by atoms with van der Waals surface area (Å²) in [5, 5.41) is 8.48. The van der Waals surface area contributed by atoms with Gasteiger partial charge in [-0.2, -0.15) is 0 Å². The van der Waals surface area contributed by atoms with Gasteiger partial charge in [-0.15, -0.1) is 0 Å². The molecule has 0 aromatic rings. The van der Waals surface area contributed by atoms with E-state index in [1.807, 2.05) is 13.8 Å². The highest BCUT2D eigenvalue weighted by atomic mass is 16.4. The number of carbonyl (C=O) groups is 1. The summed E-state index contributed by atoms with van der Waals surface area (Å²) in [7, 11) is 0. The maximum Gasteiger partial charge on any atom is 0.322 e. The van der Waals surface area contributed by atoms with E-state index in [0.29, 0.717) is 12.3 Å². The van der Waals surface area contributed by atoms with E-state index >= 15 is 0 Å². The molecule has 0 spiro atoms. The number of carboxylic acids is 1. The number of carboxylic acid groups (broad SMARTS) is 1. The number of aliphatic carboxylic acids is 1. The van der Waals surface area contributed by atoms with Crippen LogP contribution in [0.2, 0.25) is 0 Å². The molecule has 60 valence electrons. The summed E-state index contributed by atoms with van der Waals surface area (Å²) in [4.78, 5) is 10.3. The number of hydrogen-bond donors (Lipinski definition) is 3. The summed E-state index contributed by atoms with van der Waals surface area (Å²) in [5.41, 5.74) is 2.23. The molecule has 0 heterocycles. The molecule has 0 amide bonds. The van der Waals surface area contributed by atoms with Crippen molar-refractivity contribution >= 4 is 5.97 Å². The molecule has 0 aromatic heterocycles. The molecule has 4 heteroatoms. The lowest BCUT2D eigenvalue weighted by atomic mass is 10.0. The molecule has 1 atom stereocenters. The molecule has 4 nitrogen and oxygen atoms in total. The highest BCUT2D eigenvalue weighted by molar-refractivity contribution is 5.73. The van der Waals surface area contributed by atoms with E-state index in [4.69, 9.17) is 10.9 Å². The van der Waals surface area contributed by atoms with Crippen LogP contribution in [0.25, 0.3) is 0 Å². The van der Waals surface area contributed by atoms with Crippen LogP contribution in [0.4, 0.5) is 0 Å². The first-order chi connectivity index (χ1) is 4.57. The molecule has 4 N–H and O–H groups in total. The third kappa shape index (κ3) is 3.42. The monoisotopic (exact) mass is 146 g/mol. The fourth-order valence-electron chi connectivity index (χ4n) is 0.712. The highest BCUT2D eigenvalue weighted by Crippen LogP contribution is 2.03. The minimum atomic E-state index is -0.892. The Labute approximate surface area is 60.4 Å². The Kier molecular flexibility index (Phi) is 3.99. The van der Waals surface area contributed by atoms with Crippen LogP contribution in [-0.4, -0.2) is 17.1 Å². The molecule has 0 saturated carbocycles. The first kappa shape index (κ1) is 9.39. The Balaban J connectivity index is 3.72. The SMILES string of the molecule is CC(C)C[C@@H](NN)C(=O)O. The van der Waals surface area contributed by atoms with Crippen molar-refractivity contribution in [2.45, 2.75) is 26.3 Å². The van der Waals surface area contributed by atoms with Crippen LogP contribution in [0.3, 0.4) is 0 Å². The van der Waals surface area contributed by atoms with Crippen LogP contribution < -0.4 is 11.3 Å². The Morgan fingerprint density at radius 2 is 2.20 bits per heavy atom. The first-order valence-corrected chi connectivity index (χ1v) is 3.26. The zero-order valence-electron chi connectivity index (χ0n) is 6.29. The fraction of sp³-hybridized carbons (Fsp3) is 0.833. The van der Waals surface area contributed by atoms with Gasteiger partial charge in [-0.3, -0.25) is 10.6 Å². The van der Waals surface area contributed by atoms with Gasteiger partial charge < -0.3 is 5.11 Å². The zero-order valence-corrected chi connectivity index (χ0v) is 6.29. The minimum absolute atomic E-state index is 0.345. The lowest BCUT2D eigenvalue weighted by Gasteiger charge is -2.12. The van der Waals surface area contributed by atoms with E-state index in [1.54, 1.807) is 0 Å². The van der Waals surface area contributed by atoms with Gasteiger partial charge in [0.05, 0.1) is 0 Å². The first-order valence-electron chi connectivity index (χ1n) is 3.26. The highest BCUT2D eigenvalue weighted by Gasteiger charge is 2.15. The van der Waals surface area contributed by atoms with Gasteiger partial charge in [-0.1, -0.05) is 13.8 Å². The molecular formula is C6H14N2O2. The molecule has 0 aliphatic rings. The largest absolute Gasteiger partial charge is 0.480 e. The predicted octanol–water partition coefficient (Wildman–Crippen LogP) is -0.0510. The third-order valence-corrected chi connectivity index (χ3v) is 1.21. The number of nitrogens with two attached hydrogens (primary N) is 1. The molecule has 0 fully saturated rings. The Morgan fingerprint density at radius 1 is 1.70 bits per heavy atom. The average molecular weight is 146 g/mol.